The van der Waals surface area contributed by atoms with E-state index in [1.807, 2.05) is 0 Å². The zero-order valence-corrected chi connectivity index (χ0v) is 13.2. The molecule has 2 unspecified atom stereocenters. The van der Waals surface area contributed by atoms with Gasteiger partial charge in [0.2, 0.25) is 0 Å². The molecule has 2 rings (SSSR count). The highest BCUT2D eigenvalue weighted by atomic mass is 16.5. The standard InChI is InChI=1S/C17H33NO/c1-4-5-7-19-8-6-17(13-18-12-14(2)3)10-15-9-16(15)11-17/h14-16,18H,4-13H2,1-3H3. The highest BCUT2D eigenvalue weighted by Crippen LogP contribution is 2.60. The molecule has 2 aliphatic rings. The Bertz CT molecular complexity index is 254. The Morgan fingerprint density at radius 3 is 2.58 bits per heavy atom. The highest BCUT2D eigenvalue weighted by molar-refractivity contribution is 5.04. The summed E-state index contributed by atoms with van der Waals surface area (Å²) in [5, 5.41) is 3.71. The lowest BCUT2D eigenvalue weighted by atomic mass is 9.80. The normalized spacial score (nSPS) is 32.8. The van der Waals surface area contributed by atoms with Gasteiger partial charge >= 0.3 is 0 Å². The second-order valence-corrected chi connectivity index (χ2v) is 7.40. The van der Waals surface area contributed by atoms with Crippen LogP contribution in [0, 0.1) is 23.2 Å². The van der Waals surface area contributed by atoms with E-state index >= 15 is 0 Å². The van der Waals surface area contributed by atoms with Crippen molar-refractivity contribution < 1.29 is 4.74 Å². The molecule has 2 heteroatoms. The minimum atomic E-state index is 0.564. The lowest BCUT2D eigenvalue weighted by Crippen LogP contribution is -2.36. The van der Waals surface area contributed by atoms with Crippen LogP contribution in [-0.2, 0) is 4.74 Å². The van der Waals surface area contributed by atoms with Crippen molar-refractivity contribution in [1.82, 2.24) is 5.32 Å². The average molecular weight is 267 g/mol. The van der Waals surface area contributed by atoms with Gasteiger partial charge in [-0.3, -0.25) is 0 Å². The van der Waals surface area contributed by atoms with Crippen molar-refractivity contribution in [1.29, 1.82) is 0 Å². The lowest BCUT2D eigenvalue weighted by molar-refractivity contribution is 0.0868. The van der Waals surface area contributed by atoms with Crippen LogP contribution in [0.1, 0.15) is 59.3 Å². The predicted molar refractivity (Wildman–Crippen MR) is 81.3 cm³/mol. The Morgan fingerprint density at radius 1 is 1.21 bits per heavy atom. The predicted octanol–water partition coefficient (Wildman–Crippen LogP) is 3.86. The molecule has 0 bridgehead atoms. The van der Waals surface area contributed by atoms with E-state index in [-0.39, 0.29) is 0 Å². The Hall–Kier alpha value is -0.0800. The molecule has 1 N–H and O–H groups in total. The molecule has 0 aliphatic heterocycles. The molecule has 0 heterocycles. The smallest absolute Gasteiger partial charge is 0.0471 e. The third kappa shape index (κ3) is 4.75. The fourth-order valence-corrected chi connectivity index (χ4v) is 3.71. The van der Waals surface area contributed by atoms with E-state index in [9.17, 15) is 0 Å². The van der Waals surface area contributed by atoms with E-state index in [1.54, 1.807) is 0 Å². The van der Waals surface area contributed by atoms with E-state index in [2.05, 4.69) is 26.1 Å². The van der Waals surface area contributed by atoms with Gasteiger partial charge in [-0.05, 0) is 61.8 Å². The van der Waals surface area contributed by atoms with Crippen molar-refractivity contribution in [3.63, 3.8) is 0 Å². The second kappa shape index (κ2) is 7.08. The molecule has 0 aromatic rings. The van der Waals surface area contributed by atoms with Gasteiger partial charge in [-0.2, -0.15) is 0 Å². The van der Waals surface area contributed by atoms with Crippen LogP contribution in [0.5, 0.6) is 0 Å². The molecule has 2 fully saturated rings. The zero-order valence-electron chi connectivity index (χ0n) is 13.2. The summed E-state index contributed by atoms with van der Waals surface area (Å²) >= 11 is 0. The highest BCUT2D eigenvalue weighted by Gasteiger charge is 2.52. The first-order chi connectivity index (χ1) is 9.15. The summed E-state index contributed by atoms with van der Waals surface area (Å²) in [5.74, 6) is 2.89. The van der Waals surface area contributed by atoms with E-state index in [0.29, 0.717) is 5.41 Å². The van der Waals surface area contributed by atoms with Crippen molar-refractivity contribution in [2.24, 2.45) is 23.2 Å². The molecular formula is C17H33NO. The Kier molecular flexibility index (Phi) is 5.70. The van der Waals surface area contributed by atoms with Gasteiger partial charge in [0.1, 0.15) is 0 Å². The maximum absolute atomic E-state index is 5.81. The first-order valence-electron chi connectivity index (χ1n) is 8.44. The molecule has 0 aromatic heterocycles. The SMILES string of the molecule is CCCCOCCC1(CNCC(C)C)CC2CC2C1. The third-order valence-electron chi connectivity index (χ3n) is 4.93. The number of nitrogens with one attached hydrogen (secondary N) is 1. The van der Waals surface area contributed by atoms with Crippen LogP contribution in [0.15, 0.2) is 0 Å². The van der Waals surface area contributed by atoms with Crippen LogP contribution < -0.4 is 5.32 Å². The number of rotatable bonds is 10. The van der Waals surface area contributed by atoms with Gasteiger partial charge in [0, 0.05) is 19.8 Å². The number of hydrogen-bond donors (Lipinski definition) is 1. The Labute approximate surface area is 119 Å². The van der Waals surface area contributed by atoms with E-state index in [0.717, 1.165) is 37.5 Å². The van der Waals surface area contributed by atoms with E-state index < -0.39 is 0 Å². The van der Waals surface area contributed by atoms with Crippen LogP contribution in [0.3, 0.4) is 0 Å². The summed E-state index contributed by atoms with van der Waals surface area (Å²) in [6, 6.07) is 0. The van der Waals surface area contributed by atoms with Gasteiger partial charge < -0.3 is 10.1 Å². The fourth-order valence-electron chi connectivity index (χ4n) is 3.71. The molecule has 2 aliphatic carbocycles. The first-order valence-corrected chi connectivity index (χ1v) is 8.44. The van der Waals surface area contributed by atoms with Crippen molar-refractivity contribution in [3.05, 3.63) is 0 Å². The number of ether oxygens (including phenoxy) is 1. The van der Waals surface area contributed by atoms with Crippen molar-refractivity contribution in [2.75, 3.05) is 26.3 Å². The van der Waals surface area contributed by atoms with Crippen molar-refractivity contribution in [3.8, 4) is 0 Å². The molecular weight excluding hydrogens is 234 g/mol. The number of fused-ring (bicyclic) bond motifs is 1. The zero-order chi connectivity index (χ0) is 13.7. The van der Waals surface area contributed by atoms with Gasteiger partial charge in [-0.1, -0.05) is 27.2 Å². The van der Waals surface area contributed by atoms with Crippen molar-refractivity contribution >= 4 is 0 Å². The van der Waals surface area contributed by atoms with Gasteiger partial charge in [0.05, 0.1) is 0 Å². The van der Waals surface area contributed by atoms with Gasteiger partial charge in [0.15, 0.2) is 0 Å². The molecule has 2 nitrogen and oxygen atoms in total. The Balaban J connectivity index is 1.69. The summed E-state index contributed by atoms with van der Waals surface area (Å²) in [7, 11) is 0. The monoisotopic (exact) mass is 267 g/mol. The minimum absolute atomic E-state index is 0.564. The summed E-state index contributed by atoms with van der Waals surface area (Å²) in [4.78, 5) is 0. The van der Waals surface area contributed by atoms with E-state index in [4.69, 9.17) is 4.74 Å². The minimum Gasteiger partial charge on any atom is -0.381 e. The molecule has 0 spiro atoms. The van der Waals surface area contributed by atoms with Crippen LogP contribution in [-0.4, -0.2) is 26.3 Å². The molecule has 0 amide bonds. The average Bonchev–Trinajstić information content (AvgIpc) is 2.97. The van der Waals surface area contributed by atoms with Crippen LogP contribution in [0.4, 0.5) is 0 Å². The topological polar surface area (TPSA) is 21.3 Å². The largest absolute Gasteiger partial charge is 0.381 e. The molecule has 2 atom stereocenters. The maximum Gasteiger partial charge on any atom is 0.0471 e. The molecule has 112 valence electrons. The molecule has 0 saturated heterocycles. The van der Waals surface area contributed by atoms with Crippen molar-refractivity contribution in [2.45, 2.75) is 59.3 Å². The molecule has 0 aromatic carbocycles. The second-order valence-electron chi connectivity index (χ2n) is 7.40. The fraction of sp³-hybridized carbons (Fsp3) is 1.00. The van der Waals surface area contributed by atoms with Crippen LogP contribution in [0.25, 0.3) is 0 Å². The van der Waals surface area contributed by atoms with Gasteiger partial charge in [-0.15, -0.1) is 0 Å². The summed E-state index contributed by atoms with van der Waals surface area (Å²) < 4.78 is 5.81. The maximum atomic E-state index is 5.81. The molecule has 19 heavy (non-hydrogen) atoms. The van der Waals surface area contributed by atoms with Crippen LogP contribution >= 0.6 is 0 Å². The summed E-state index contributed by atoms with van der Waals surface area (Å²) in [6.07, 6.45) is 8.16. The van der Waals surface area contributed by atoms with Gasteiger partial charge in [-0.25, -0.2) is 0 Å². The number of hydrogen-bond acceptors (Lipinski definition) is 2. The quantitative estimate of drug-likeness (QED) is 0.607. The Morgan fingerprint density at radius 2 is 1.95 bits per heavy atom. The van der Waals surface area contributed by atoms with Crippen LogP contribution in [0.2, 0.25) is 0 Å². The number of unbranched alkanes of at least 4 members (excludes halogenated alkanes) is 1. The molecule has 0 radical (unpaired) electrons. The molecule has 2 saturated carbocycles. The first kappa shape index (κ1) is 15.3. The lowest BCUT2D eigenvalue weighted by Gasteiger charge is -2.31. The van der Waals surface area contributed by atoms with Gasteiger partial charge in [0.25, 0.3) is 0 Å². The summed E-state index contributed by atoms with van der Waals surface area (Å²) in [6.45, 7) is 11.1. The van der Waals surface area contributed by atoms with E-state index in [1.165, 1.54) is 45.1 Å². The third-order valence-corrected chi connectivity index (χ3v) is 4.93. The summed E-state index contributed by atoms with van der Waals surface area (Å²) in [5.41, 5.74) is 0.564.